The standard InChI is InChI=1S/C18H18N6O3/c25-24(26)17-12-23-6-5-22(7-8-27-18(23)21-17)11-14-1-3-15(4-2-14)16-9-19-13-20-10-16/h1-4,9-10,12-13H,5-8,11H2. The first-order chi connectivity index (χ1) is 13.2. The van der Waals surface area contributed by atoms with E-state index in [2.05, 4.69) is 44.1 Å². The van der Waals surface area contributed by atoms with Crippen LogP contribution in [0.2, 0.25) is 0 Å². The number of aromatic nitrogens is 4. The lowest BCUT2D eigenvalue weighted by Gasteiger charge is -2.24. The van der Waals surface area contributed by atoms with Crippen molar-refractivity contribution in [3.8, 4) is 17.1 Å². The summed E-state index contributed by atoms with van der Waals surface area (Å²) < 4.78 is 7.29. The molecule has 0 saturated carbocycles. The highest BCUT2D eigenvalue weighted by molar-refractivity contribution is 5.61. The minimum Gasteiger partial charge on any atom is -0.444 e. The van der Waals surface area contributed by atoms with Crippen LogP contribution in [0.1, 0.15) is 5.56 Å². The molecule has 138 valence electrons. The molecule has 0 fully saturated rings. The van der Waals surface area contributed by atoms with Crippen molar-refractivity contribution in [2.24, 2.45) is 0 Å². The Kier molecular flexibility index (Phi) is 4.75. The fraction of sp³-hybridized carbons (Fsp3) is 0.278. The summed E-state index contributed by atoms with van der Waals surface area (Å²) in [6, 6.07) is 8.62. The van der Waals surface area contributed by atoms with Crippen LogP contribution in [0.3, 0.4) is 0 Å². The van der Waals surface area contributed by atoms with Gasteiger partial charge in [-0.15, -0.1) is 0 Å². The van der Waals surface area contributed by atoms with Gasteiger partial charge in [0.05, 0.1) is 0 Å². The number of nitro groups is 1. The zero-order valence-corrected chi connectivity index (χ0v) is 14.6. The van der Waals surface area contributed by atoms with Gasteiger partial charge < -0.3 is 14.9 Å². The molecule has 1 aromatic carbocycles. The minimum absolute atomic E-state index is 0.182. The second-order valence-corrected chi connectivity index (χ2v) is 6.28. The van der Waals surface area contributed by atoms with Gasteiger partial charge in [0.25, 0.3) is 0 Å². The maximum Gasteiger partial charge on any atom is 0.414 e. The predicted octanol–water partition coefficient (Wildman–Crippen LogP) is 2.14. The van der Waals surface area contributed by atoms with Crippen molar-refractivity contribution in [2.75, 3.05) is 19.7 Å². The number of fused-ring (bicyclic) bond motifs is 1. The molecule has 0 N–H and O–H groups in total. The molecular formula is C18H18N6O3. The fourth-order valence-corrected chi connectivity index (χ4v) is 3.04. The molecule has 1 aliphatic heterocycles. The van der Waals surface area contributed by atoms with Crippen LogP contribution in [0.25, 0.3) is 11.1 Å². The Morgan fingerprint density at radius 2 is 1.85 bits per heavy atom. The van der Waals surface area contributed by atoms with Crippen molar-refractivity contribution < 1.29 is 9.66 Å². The molecule has 0 radical (unpaired) electrons. The van der Waals surface area contributed by atoms with Gasteiger partial charge in [0.1, 0.15) is 19.1 Å². The van der Waals surface area contributed by atoms with Crippen molar-refractivity contribution >= 4 is 5.82 Å². The normalized spacial score (nSPS) is 14.7. The summed E-state index contributed by atoms with van der Waals surface area (Å²) in [6.45, 7) is 3.30. The average molecular weight is 366 g/mol. The molecular weight excluding hydrogens is 348 g/mol. The van der Waals surface area contributed by atoms with Gasteiger partial charge in [0, 0.05) is 49.1 Å². The summed E-state index contributed by atoms with van der Waals surface area (Å²) in [5, 5.41) is 10.9. The number of benzene rings is 1. The van der Waals surface area contributed by atoms with Gasteiger partial charge in [-0.3, -0.25) is 9.47 Å². The van der Waals surface area contributed by atoms with Crippen LogP contribution in [0.4, 0.5) is 5.82 Å². The molecule has 4 rings (SSSR count). The van der Waals surface area contributed by atoms with Gasteiger partial charge in [0.2, 0.25) is 0 Å². The van der Waals surface area contributed by atoms with E-state index in [1.165, 1.54) is 18.1 Å². The summed E-state index contributed by atoms with van der Waals surface area (Å²) in [4.78, 5) is 24.6. The van der Waals surface area contributed by atoms with Crippen LogP contribution in [0.15, 0.2) is 49.2 Å². The van der Waals surface area contributed by atoms with Crippen LogP contribution >= 0.6 is 0 Å². The van der Waals surface area contributed by atoms with Gasteiger partial charge in [0.15, 0.2) is 0 Å². The van der Waals surface area contributed by atoms with E-state index in [1.54, 1.807) is 17.0 Å². The van der Waals surface area contributed by atoms with E-state index in [-0.39, 0.29) is 5.82 Å². The van der Waals surface area contributed by atoms with E-state index in [0.29, 0.717) is 19.2 Å². The number of nitrogens with zero attached hydrogens (tertiary/aromatic N) is 6. The summed E-state index contributed by atoms with van der Waals surface area (Å²) in [5.41, 5.74) is 3.25. The highest BCUT2D eigenvalue weighted by atomic mass is 16.6. The Labute approximate surface area is 155 Å². The van der Waals surface area contributed by atoms with E-state index >= 15 is 0 Å². The van der Waals surface area contributed by atoms with Crippen molar-refractivity contribution in [1.82, 2.24) is 24.4 Å². The first-order valence-electron chi connectivity index (χ1n) is 8.60. The van der Waals surface area contributed by atoms with Crippen molar-refractivity contribution in [1.29, 1.82) is 0 Å². The van der Waals surface area contributed by atoms with Gasteiger partial charge in [-0.2, -0.15) is 0 Å². The lowest BCUT2D eigenvalue weighted by molar-refractivity contribution is -0.389. The van der Waals surface area contributed by atoms with Crippen molar-refractivity contribution in [3.05, 3.63) is 64.9 Å². The highest BCUT2D eigenvalue weighted by Crippen LogP contribution is 2.21. The second-order valence-electron chi connectivity index (χ2n) is 6.28. The molecule has 9 heteroatoms. The van der Waals surface area contributed by atoms with Gasteiger partial charge >= 0.3 is 11.8 Å². The second kappa shape index (κ2) is 7.50. The van der Waals surface area contributed by atoms with E-state index in [9.17, 15) is 10.1 Å². The number of imidazole rings is 1. The Balaban J connectivity index is 1.42. The molecule has 3 heterocycles. The highest BCUT2D eigenvalue weighted by Gasteiger charge is 2.22. The molecule has 0 bridgehead atoms. The Morgan fingerprint density at radius 1 is 1.07 bits per heavy atom. The number of ether oxygens (including phenoxy) is 1. The average Bonchev–Trinajstić information content (AvgIpc) is 3.08. The zero-order chi connectivity index (χ0) is 18.6. The largest absolute Gasteiger partial charge is 0.444 e. The molecule has 3 aromatic rings. The third kappa shape index (κ3) is 3.93. The predicted molar refractivity (Wildman–Crippen MR) is 97.1 cm³/mol. The molecule has 0 amide bonds. The molecule has 0 atom stereocenters. The summed E-state index contributed by atoms with van der Waals surface area (Å²) >= 11 is 0. The first-order valence-corrected chi connectivity index (χ1v) is 8.60. The molecule has 0 aliphatic carbocycles. The lowest BCUT2D eigenvalue weighted by atomic mass is 10.1. The maximum absolute atomic E-state index is 10.9. The third-order valence-corrected chi connectivity index (χ3v) is 4.46. The molecule has 0 saturated heterocycles. The van der Waals surface area contributed by atoms with Gasteiger partial charge in [-0.05, 0) is 16.1 Å². The first kappa shape index (κ1) is 17.1. The number of hydrogen-bond donors (Lipinski definition) is 0. The molecule has 2 aromatic heterocycles. The van der Waals surface area contributed by atoms with Crippen molar-refractivity contribution in [2.45, 2.75) is 13.1 Å². The molecule has 0 spiro atoms. The number of rotatable bonds is 4. The molecule has 0 unspecified atom stereocenters. The van der Waals surface area contributed by atoms with Crippen molar-refractivity contribution in [3.63, 3.8) is 0 Å². The molecule has 27 heavy (non-hydrogen) atoms. The Bertz CT molecular complexity index is 926. The smallest absolute Gasteiger partial charge is 0.414 e. The monoisotopic (exact) mass is 366 g/mol. The minimum atomic E-state index is -0.502. The third-order valence-electron chi connectivity index (χ3n) is 4.46. The SMILES string of the molecule is O=[N+]([O-])c1cn2c(n1)OCCN(Cc1ccc(-c3cncnc3)cc1)CC2. The molecule has 1 aliphatic rings. The van der Waals surface area contributed by atoms with E-state index in [4.69, 9.17) is 4.74 Å². The summed E-state index contributed by atoms with van der Waals surface area (Å²) in [5.74, 6) is -0.182. The van der Waals surface area contributed by atoms with Crippen LogP contribution in [0, 0.1) is 10.1 Å². The molecule has 9 nitrogen and oxygen atoms in total. The van der Waals surface area contributed by atoms with E-state index in [1.807, 2.05) is 0 Å². The Hall–Kier alpha value is -3.33. The number of hydrogen-bond acceptors (Lipinski definition) is 7. The van der Waals surface area contributed by atoms with Crippen LogP contribution in [-0.4, -0.2) is 49.0 Å². The quantitative estimate of drug-likeness (QED) is 0.515. The van der Waals surface area contributed by atoms with Crippen LogP contribution < -0.4 is 4.74 Å². The topological polar surface area (TPSA) is 99.2 Å². The maximum atomic E-state index is 10.9. The van der Waals surface area contributed by atoms with Gasteiger partial charge in [-0.1, -0.05) is 24.3 Å². The van der Waals surface area contributed by atoms with Gasteiger partial charge in [-0.25, -0.2) is 9.97 Å². The van der Waals surface area contributed by atoms with Crippen LogP contribution in [-0.2, 0) is 13.1 Å². The van der Waals surface area contributed by atoms with Crippen LogP contribution in [0.5, 0.6) is 6.01 Å². The Morgan fingerprint density at radius 3 is 2.59 bits per heavy atom. The van der Waals surface area contributed by atoms with E-state index < -0.39 is 4.92 Å². The van der Waals surface area contributed by atoms with E-state index in [0.717, 1.165) is 30.8 Å². The fourth-order valence-electron chi connectivity index (χ4n) is 3.04. The summed E-state index contributed by atoms with van der Waals surface area (Å²) in [6.07, 6.45) is 6.52. The lowest BCUT2D eigenvalue weighted by Crippen LogP contribution is -2.33. The zero-order valence-electron chi connectivity index (χ0n) is 14.6. The summed E-state index contributed by atoms with van der Waals surface area (Å²) in [7, 11) is 0.